The van der Waals surface area contributed by atoms with E-state index in [2.05, 4.69) is 22.6 Å². The highest BCUT2D eigenvalue weighted by Crippen LogP contribution is 2.30. The maximum atomic E-state index is 5.97. The van der Waals surface area contributed by atoms with Crippen LogP contribution in [-0.4, -0.2) is 7.11 Å². The van der Waals surface area contributed by atoms with Gasteiger partial charge in [-0.2, -0.15) is 0 Å². The molecule has 0 amide bonds. The Morgan fingerprint density at radius 2 is 2.09 bits per heavy atom. The predicted molar refractivity (Wildman–Crippen MR) is 55.5 cm³/mol. The fraction of sp³-hybridized carbons (Fsp3) is 0.250. The third-order valence-corrected chi connectivity index (χ3v) is 3.14. The van der Waals surface area contributed by atoms with Gasteiger partial charge in [0.25, 0.3) is 0 Å². The highest BCUT2D eigenvalue weighted by molar-refractivity contribution is 14.1. The van der Waals surface area contributed by atoms with Gasteiger partial charge in [-0.3, -0.25) is 0 Å². The maximum absolute atomic E-state index is 5.97. The smallest absolute Gasteiger partial charge is 0.137 e. The molecule has 0 spiro atoms. The van der Waals surface area contributed by atoms with Crippen LogP contribution in [0.3, 0.4) is 0 Å². The molecule has 1 aromatic carbocycles. The molecule has 60 valence electrons. The summed E-state index contributed by atoms with van der Waals surface area (Å²) < 4.78 is 6.21. The van der Waals surface area contributed by atoms with Crippen LogP contribution < -0.4 is 4.74 Å². The Kier molecular flexibility index (Phi) is 3.01. The summed E-state index contributed by atoms with van der Waals surface area (Å²) in [6, 6.07) is 3.86. The molecule has 0 fully saturated rings. The predicted octanol–water partition coefficient (Wildman–Crippen LogP) is 3.26. The zero-order chi connectivity index (χ0) is 8.43. The first-order valence-electron chi connectivity index (χ1n) is 3.15. The summed E-state index contributed by atoms with van der Waals surface area (Å²) in [5.74, 6) is 0.740. The minimum atomic E-state index is 0.708. The topological polar surface area (TPSA) is 9.23 Å². The van der Waals surface area contributed by atoms with Crippen LogP contribution in [0.5, 0.6) is 5.75 Å². The van der Waals surface area contributed by atoms with Gasteiger partial charge in [0.1, 0.15) is 5.75 Å². The molecule has 0 aliphatic rings. The van der Waals surface area contributed by atoms with Crippen LogP contribution in [0.2, 0.25) is 5.02 Å². The number of rotatable bonds is 1. The Labute approximate surface area is 84.8 Å². The van der Waals surface area contributed by atoms with Gasteiger partial charge in [-0.25, -0.2) is 0 Å². The van der Waals surface area contributed by atoms with E-state index in [1.54, 1.807) is 7.11 Å². The summed E-state index contributed by atoms with van der Waals surface area (Å²) in [5.41, 5.74) is 1.08. The quantitative estimate of drug-likeness (QED) is 0.718. The Morgan fingerprint density at radius 3 is 2.64 bits per heavy atom. The van der Waals surface area contributed by atoms with Gasteiger partial charge in [-0.05, 0) is 47.2 Å². The molecule has 0 saturated carbocycles. The molecule has 11 heavy (non-hydrogen) atoms. The lowest BCUT2D eigenvalue weighted by Crippen LogP contribution is -1.88. The Bertz CT molecular complexity index is 273. The van der Waals surface area contributed by atoms with Crippen molar-refractivity contribution in [3.8, 4) is 5.75 Å². The van der Waals surface area contributed by atoms with Crippen molar-refractivity contribution in [1.29, 1.82) is 0 Å². The van der Waals surface area contributed by atoms with E-state index in [1.807, 2.05) is 19.1 Å². The molecule has 1 rings (SSSR count). The molecular formula is C8H8ClIO. The highest BCUT2D eigenvalue weighted by atomic mass is 127. The summed E-state index contributed by atoms with van der Waals surface area (Å²) in [5, 5.41) is 0.708. The van der Waals surface area contributed by atoms with E-state index in [4.69, 9.17) is 16.3 Å². The van der Waals surface area contributed by atoms with Crippen LogP contribution in [0.1, 0.15) is 5.56 Å². The number of benzene rings is 1. The van der Waals surface area contributed by atoms with E-state index in [0.29, 0.717) is 5.02 Å². The number of halogens is 2. The van der Waals surface area contributed by atoms with Gasteiger partial charge in [-0.1, -0.05) is 11.6 Å². The monoisotopic (exact) mass is 282 g/mol. The normalized spacial score (nSPS) is 9.82. The molecule has 0 aliphatic carbocycles. The summed E-state index contributed by atoms with van der Waals surface area (Å²) in [4.78, 5) is 0. The second kappa shape index (κ2) is 3.63. The first-order chi connectivity index (χ1) is 5.16. The first-order valence-corrected chi connectivity index (χ1v) is 4.61. The van der Waals surface area contributed by atoms with E-state index >= 15 is 0 Å². The number of ether oxygens (including phenoxy) is 1. The molecule has 0 bridgehead atoms. The molecule has 0 atom stereocenters. The Balaban J connectivity index is 3.25. The van der Waals surface area contributed by atoms with E-state index in [-0.39, 0.29) is 0 Å². The third kappa shape index (κ3) is 1.79. The average Bonchev–Trinajstić information content (AvgIpc) is 2.01. The molecular weight excluding hydrogens is 274 g/mol. The fourth-order valence-electron chi connectivity index (χ4n) is 0.794. The van der Waals surface area contributed by atoms with Crippen LogP contribution in [0, 0.1) is 10.5 Å². The zero-order valence-electron chi connectivity index (χ0n) is 6.32. The lowest BCUT2D eigenvalue weighted by molar-refractivity contribution is 0.414. The fourth-order valence-corrected chi connectivity index (χ4v) is 1.65. The third-order valence-electron chi connectivity index (χ3n) is 1.50. The lowest BCUT2D eigenvalue weighted by atomic mass is 10.2. The molecule has 0 radical (unpaired) electrons. The minimum absolute atomic E-state index is 0.708. The van der Waals surface area contributed by atoms with Crippen LogP contribution in [0.15, 0.2) is 12.1 Å². The van der Waals surface area contributed by atoms with Crippen molar-refractivity contribution in [2.24, 2.45) is 0 Å². The van der Waals surface area contributed by atoms with Crippen molar-refractivity contribution >= 4 is 34.2 Å². The second-order valence-electron chi connectivity index (χ2n) is 2.19. The summed E-state index contributed by atoms with van der Waals surface area (Å²) in [7, 11) is 1.62. The van der Waals surface area contributed by atoms with Gasteiger partial charge in [0.2, 0.25) is 0 Å². The molecule has 0 N–H and O–H groups in total. The molecule has 0 unspecified atom stereocenters. The highest BCUT2D eigenvalue weighted by Gasteiger charge is 2.05. The van der Waals surface area contributed by atoms with Crippen LogP contribution in [0.4, 0.5) is 0 Å². The van der Waals surface area contributed by atoms with Gasteiger partial charge in [0, 0.05) is 3.57 Å². The molecule has 3 heteroatoms. The van der Waals surface area contributed by atoms with Gasteiger partial charge in [0.05, 0.1) is 12.1 Å². The molecule has 0 saturated heterocycles. The Hall–Kier alpha value is 0.0400. The summed E-state index contributed by atoms with van der Waals surface area (Å²) >= 11 is 8.21. The van der Waals surface area contributed by atoms with Crippen molar-refractivity contribution in [3.63, 3.8) is 0 Å². The second-order valence-corrected chi connectivity index (χ2v) is 3.73. The van der Waals surface area contributed by atoms with E-state index in [0.717, 1.165) is 14.9 Å². The Morgan fingerprint density at radius 1 is 1.45 bits per heavy atom. The SMILES string of the molecule is COc1ccc(I)c(C)c1Cl. The van der Waals surface area contributed by atoms with Crippen LogP contribution >= 0.6 is 34.2 Å². The van der Waals surface area contributed by atoms with Gasteiger partial charge >= 0.3 is 0 Å². The average molecular weight is 283 g/mol. The van der Waals surface area contributed by atoms with Crippen LogP contribution in [0.25, 0.3) is 0 Å². The van der Waals surface area contributed by atoms with E-state index < -0.39 is 0 Å². The van der Waals surface area contributed by atoms with Crippen molar-refractivity contribution in [1.82, 2.24) is 0 Å². The first kappa shape index (κ1) is 9.13. The van der Waals surface area contributed by atoms with Crippen molar-refractivity contribution in [2.45, 2.75) is 6.92 Å². The summed E-state index contributed by atoms with van der Waals surface area (Å²) in [6.07, 6.45) is 0. The van der Waals surface area contributed by atoms with Crippen molar-refractivity contribution in [3.05, 3.63) is 26.3 Å². The standard InChI is InChI=1S/C8H8ClIO/c1-5-6(10)3-4-7(11-2)8(5)9/h3-4H,1-2H3. The molecule has 1 nitrogen and oxygen atoms in total. The number of hydrogen-bond acceptors (Lipinski definition) is 1. The van der Waals surface area contributed by atoms with Crippen molar-refractivity contribution < 1.29 is 4.74 Å². The molecule has 0 heterocycles. The largest absolute Gasteiger partial charge is 0.495 e. The molecule has 0 aromatic heterocycles. The summed E-state index contributed by atoms with van der Waals surface area (Å²) in [6.45, 7) is 1.98. The minimum Gasteiger partial charge on any atom is -0.495 e. The maximum Gasteiger partial charge on any atom is 0.137 e. The molecule has 1 aromatic rings. The van der Waals surface area contributed by atoms with Gasteiger partial charge in [-0.15, -0.1) is 0 Å². The van der Waals surface area contributed by atoms with Crippen LogP contribution in [-0.2, 0) is 0 Å². The molecule has 0 aliphatic heterocycles. The lowest BCUT2D eigenvalue weighted by Gasteiger charge is -2.06. The zero-order valence-corrected chi connectivity index (χ0v) is 9.23. The van der Waals surface area contributed by atoms with E-state index in [1.165, 1.54) is 0 Å². The van der Waals surface area contributed by atoms with E-state index in [9.17, 15) is 0 Å². The number of hydrogen-bond donors (Lipinski definition) is 0. The van der Waals surface area contributed by atoms with Gasteiger partial charge < -0.3 is 4.74 Å². The number of methoxy groups -OCH3 is 1. The van der Waals surface area contributed by atoms with Crippen molar-refractivity contribution in [2.75, 3.05) is 7.11 Å². The van der Waals surface area contributed by atoms with Gasteiger partial charge in [0.15, 0.2) is 0 Å².